The van der Waals surface area contributed by atoms with E-state index in [4.69, 9.17) is 10.5 Å². The molecule has 7 rings (SSSR count). The molecule has 3 fully saturated rings. The van der Waals surface area contributed by atoms with Crippen LogP contribution < -0.4 is 10.5 Å². The van der Waals surface area contributed by atoms with Crippen LogP contribution in [0.5, 0.6) is 6.01 Å². The molecule has 47 heavy (non-hydrogen) atoms. The van der Waals surface area contributed by atoms with Gasteiger partial charge in [0.15, 0.2) is 5.82 Å². The molecule has 3 N–H and O–H groups in total. The molecule has 4 aromatic rings. The lowest BCUT2D eigenvalue weighted by molar-refractivity contribution is -0.444. The van der Waals surface area contributed by atoms with Crippen molar-refractivity contribution in [1.29, 1.82) is 5.26 Å². The van der Waals surface area contributed by atoms with Crippen molar-refractivity contribution in [3.8, 4) is 23.2 Å². The number of nitrogens with two attached hydrogens (primary N) is 1. The number of aromatic nitrogens is 2. The van der Waals surface area contributed by atoms with E-state index in [9.17, 15) is 32.3 Å². The SMILES string of the molecule is CC[N+](=C1CC(O)C1)c1nc(OC[C@@]23CCCN2C[C@H](F)C3)nc2c(F)c(-c3ccc(F)c4sc(N)c(C#N)c34)c(C(F)(F)F)cc12. The van der Waals surface area contributed by atoms with Gasteiger partial charge in [0.2, 0.25) is 0 Å². The number of hydrogen-bond donors (Lipinski definition) is 2. The lowest BCUT2D eigenvalue weighted by Crippen LogP contribution is -2.43. The first kappa shape index (κ1) is 31.6. The van der Waals surface area contributed by atoms with E-state index in [0.717, 1.165) is 24.6 Å². The summed E-state index contributed by atoms with van der Waals surface area (Å²) in [6.07, 6.45) is -4.51. The standard InChI is InChI=1S/C32H29F6N6O2S/c1-2-44(16-8-17(45)9-16)29-19-10-21(32(36,37)38)24(18-4-5-22(34)27-23(18)20(12-39)28(40)47-27)25(35)26(19)41-30(42-29)46-14-31-6-3-7-43(31)13-15(33)11-31/h4-5,10,15,17,45H,2-3,6-9,11,13-14,40H2,1H3/q+1/t15-,17?,31+/m1/s1. The van der Waals surface area contributed by atoms with Crippen molar-refractivity contribution in [1.82, 2.24) is 14.9 Å². The number of ether oxygens (including phenoxy) is 1. The maximum Gasteiger partial charge on any atom is 0.434 e. The Bertz CT molecular complexity index is 2020. The largest absolute Gasteiger partial charge is 0.443 e. The van der Waals surface area contributed by atoms with Crippen LogP contribution >= 0.6 is 11.3 Å². The molecule has 0 spiro atoms. The monoisotopic (exact) mass is 675 g/mol. The van der Waals surface area contributed by atoms with E-state index in [-0.39, 0.29) is 82.4 Å². The minimum absolute atomic E-state index is 0.00676. The third-order valence-corrected chi connectivity index (χ3v) is 10.5. The van der Waals surface area contributed by atoms with Crippen molar-refractivity contribution < 1.29 is 40.8 Å². The second kappa shape index (κ2) is 11.3. The Morgan fingerprint density at radius 3 is 2.70 bits per heavy atom. The van der Waals surface area contributed by atoms with Gasteiger partial charge in [-0.05, 0) is 44.0 Å². The van der Waals surface area contributed by atoms with Crippen LogP contribution in [-0.2, 0) is 6.18 Å². The number of hydrogen-bond acceptors (Lipinski definition) is 8. The van der Waals surface area contributed by atoms with Crippen LogP contribution in [0.25, 0.3) is 32.1 Å². The highest BCUT2D eigenvalue weighted by atomic mass is 32.1. The van der Waals surface area contributed by atoms with E-state index in [1.807, 2.05) is 11.0 Å². The average Bonchev–Trinajstić information content (AvgIpc) is 3.65. The fraction of sp³-hybridized carbons (Fsp3) is 0.438. The molecule has 3 aliphatic rings. The van der Waals surface area contributed by atoms with Gasteiger partial charge in [-0.2, -0.15) is 23.4 Å². The van der Waals surface area contributed by atoms with Crippen molar-refractivity contribution in [3.05, 3.63) is 41.0 Å². The fourth-order valence-electron chi connectivity index (χ4n) is 7.33. The zero-order valence-corrected chi connectivity index (χ0v) is 25.9. The van der Waals surface area contributed by atoms with Crippen LogP contribution in [0.15, 0.2) is 18.2 Å². The molecule has 2 aromatic carbocycles. The highest BCUT2D eigenvalue weighted by Gasteiger charge is 2.50. The third kappa shape index (κ3) is 5.08. The normalized spacial score (nSPS) is 22.9. The van der Waals surface area contributed by atoms with E-state index in [1.54, 1.807) is 11.5 Å². The topological polar surface area (TPSA) is 111 Å². The van der Waals surface area contributed by atoms with E-state index in [0.29, 0.717) is 30.0 Å². The summed E-state index contributed by atoms with van der Waals surface area (Å²) in [6.45, 7) is 2.93. The summed E-state index contributed by atoms with van der Waals surface area (Å²) in [6, 6.07) is 4.16. The number of thiophene rings is 1. The van der Waals surface area contributed by atoms with Gasteiger partial charge >= 0.3 is 18.0 Å². The number of nitrogen functional groups attached to an aromatic ring is 1. The molecule has 2 atom stereocenters. The van der Waals surface area contributed by atoms with Crippen LogP contribution in [-0.4, -0.2) is 74.3 Å². The van der Waals surface area contributed by atoms with Gasteiger partial charge in [-0.3, -0.25) is 4.90 Å². The summed E-state index contributed by atoms with van der Waals surface area (Å²) in [7, 11) is 0. The van der Waals surface area contributed by atoms with Crippen LogP contribution in [0.2, 0.25) is 0 Å². The summed E-state index contributed by atoms with van der Waals surface area (Å²) in [4.78, 5) is 10.8. The number of halogens is 6. The summed E-state index contributed by atoms with van der Waals surface area (Å²) in [5.74, 6) is -2.23. The van der Waals surface area contributed by atoms with Crippen molar-refractivity contribution in [2.75, 3.05) is 32.0 Å². The number of fused-ring (bicyclic) bond motifs is 3. The van der Waals surface area contributed by atoms with E-state index in [2.05, 4.69) is 9.97 Å². The molecule has 1 aliphatic carbocycles. The van der Waals surface area contributed by atoms with Crippen molar-refractivity contribution in [2.24, 2.45) is 0 Å². The van der Waals surface area contributed by atoms with Crippen LogP contribution in [0, 0.1) is 23.0 Å². The summed E-state index contributed by atoms with van der Waals surface area (Å²) < 4.78 is 98.3. The Hall–Kier alpha value is -4.00. The van der Waals surface area contributed by atoms with Gasteiger partial charge in [0, 0.05) is 41.7 Å². The molecule has 0 bridgehead atoms. The minimum Gasteiger partial charge on any atom is -0.443 e. The van der Waals surface area contributed by atoms with E-state index < -0.39 is 52.3 Å². The highest BCUT2D eigenvalue weighted by Crippen LogP contribution is 2.48. The second-order valence-electron chi connectivity index (χ2n) is 12.3. The van der Waals surface area contributed by atoms with Crippen LogP contribution in [0.4, 0.5) is 37.2 Å². The first-order valence-electron chi connectivity index (χ1n) is 15.2. The molecule has 0 amide bonds. The fourth-order valence-corrected chi connectivity index (χ4v) is 8.28. The van der Waals surface area contributed by atoms with Gasteiger partial charge in [0.05, 0.1) is 45.1 Å². The predicted molar refractivity (Wildman–Crippen MR) is 164 cm³/mol. The molecule has 2 aliphatic heterocycles. The molecule has 1 saturated carbocycles. The summed E-state index contributed by atoms with van der Waals surface area (Å²) >= 11 is 0.682. The van der Waals surface area contributed by atoms with Gasteiger partial charge < -0.3 is 15.6 Å². The number of benzene rings is 2. The first-order chi connectivity index (χ1) is 22.3. The Balaban J connectivity index is 1.49. The van der Waals surface area contributed by atoms with Crippen molar-refractivity contribution >= 4 is 48.9 Å². The molecule has 0 radical (unpaired) electrons. The molecule has 8 nitrogen and oxygen atoms in total. The molecule has 2 saturated heterocycles. The van der Waals surface area contributed by atoms with Crippen LogP contribution in [0.3, 0.4) is 0 Å². The van der Waals surface area contributed by atoms with Gasteiger partial charge in [0.25, 0.3) is 0 Å². The molecular weight excluding hydrogens is 646 g/mol. The first-order valence-corrected chi connectivity index (χ1v) is 16.0. The maximum absolute atomic E-state index is 16.9. The van der Waals surface area contributed by atoms with Crippen molar-refractivity contribution in [3.63, 3.8) is 0 Å². The van der Waals surface area contributed by atoms with Crippen LogP contribution in [0.1, 0.15) is 50.2 Å². The number of anilines is 1. The second-order valence-corrected chi connectivity index (χ2v) is 13.4. The molecule has 246 valence electrons. The Labute approximate surface area is 268 Å². The van der Waals surface area contributed by atoms with Gasteiger partial charge in [0.1, 0.15) is 35.2 Å². The Kier molecular flexibility index (Phi) is 7.60. The van der Waals surface area contributed by atoms with E-state index >= 15 is 4.39 Å². The number of nitriles is 1. The smallest absolute Gasteiger partial charge is 0.434 e. The average molecular weight is 676 g/mol. The van der Waals surface area contributed by atoms with Gasteiger partial charge in [-0.15, -0.1) is 11.3 Å². The van der Waals surface area contributed by atoms with Gasteiger partial charge in [-0.1, -0.05) is 6.07 Å². The van der Waals surface area contributed by atoms with Crippen molar-refractivity contribution in [2.45, 2.75) is 63.0 Å². The quantitative estimate of drug-likeness (QED) is 0.178. The lowest BCUT2D eigenvalue weighted by Gasteiger charge is -2.30. The summed E-state index contributed by atoms with van der Waals surface area (Å²) in [5, 5.41) is 19.2. The number of rotatable bonds is 6. The Morgan fingerprint density at radius 2 is 2.02 bits per heavy atom. The molecule has 4 heterocycles. The number of alkyl halides is 4. The molecule has 15 heteroatoms. The molecular formula is C32H29F6N6O2S+. The Morgan fingerprint density at radius 1 is 1.26 bits per heavy atom. The number of aliphatic hydroxyl groups excluding tert-OH is 1. The van der Waals surface area contributed by atoms with E-state index in [1.165, 1.54) is 0 Å². The summed E-state index contributed by atoms with van der Waals surface area (Å²) in [5.41, 5.74) is 2.59. The zero-order valence-electron chi connectivity index (χ0n) is 25.1. The highest BCUT2D eigenvalue weighted by molar-refractivity contribution is 7.23. The lowest BCUT2D eigenvalue weighted by atomic mass is 9.91. The van der Waals surface area contributed by atoms with Gasteiger partial charge in [-0.25, -0.2) is 17.7 Å². The zero-order chi connectivity index (χ0) is 33.4. The number of nitrogens with zero attached hydrogens (tertiary/aromatic N) is 5. The number of aliphatic hydroxyl groups is 1. The predicted octanol–water partition coefficient (Wildman–Crippen LogP) is 6.48. The maximum atomic E-state index is 16.9. The third-order valence-electron chi connectivity index (χ3n) is 9.52. The molecule has 0 unspecified atom stereocenters. The molecule has 2 aromatic heterocycles. The minimum atomic E-state index is -5.10.